The molecular weight excluding hydrogens is 372 g/mol. The lowest BCUT2D eigenvalue weighted by Crippen LogP contribution is -2.08. The van der Waals surface area contributed by atoms with E-state index in [9.17, 15) is 9.59 Å². The van der Waals surface area contributed by atoms with Gasteiger partial charge in [0.25, 0.3) is 0 Å². The molecule has 0 fully saturated rings. The molecule has 3 rings (SSSR count). The summed E-state index contributed by atoms with van der Waals surface area (Å²) in [7, 11) is 4.43. The fraction of sp³-hybridized carbons (Fsp3) is 0.136. The summed E-state index contributed by atoms with van der Waals surface area (Å²) in [5.74, 6) is 0.249. The highest BCUT2D eigenvalue weighted by atomic mass is 16.5. The fourth-order valence-electron chi connectivity index (χ4n) is 2.84. The molecule has 1 amide bonds. The van der Waals surface area contributed by atoms with Crippen molar-refractivity contribution in [3.05, 3.63) is 60.8 Å². The molecule has 2 aromatic carbocycles. The lowest BCUT2D eigenvalue weighted by atomic mass is 10.0. The van der Waals surface area contributed by atoms with Crippen LogP contribution in [0.4, 0.5) is 5.69 Å². The Morgan fingerprint density at radius 2 is 1.62 bits per heavy atom. The summed E-state index contributed by atoms with van der Waals surface area (Å²) in [6.45, 7) is 0. The predicted molar refractivity (Wildman–Crippen MR) is 110 cm³/mol. The van der Waals surface area contributed by atoms with Crippen molar-refractivity contribution in [2.45, 2.75) is 0 Å². The first kappa shape index (κ1) is 19.9. The minimum atomic E-state index is -0.593. The lowest BCUT2D eigenvalue weighted by Gasteiger charge is -2.12. The van der Waals surface area contributed by atoms with Crippen LogP contribution in [0.25, 0.3) is 22.0 Å². The lowest BCUT2D eigenvalue weighted by molar-refractivity contribution is -0.135. The number of rotatable bonds is 6. The number of ether oxygens (including phenoxy) is 3. The molecular formula is C22H20N2O5. The molecule has 0 aliphatic heterocycles. The second-order valence-electron chi connectivity index (χ2n) is 6.01. The Hall–Kier alpha value is -3.87. The predicted octanol–water partition coefficient (Wildman–Crippen LogP) is 3.59. The number of carbonyl (C=O) groups is 2. The van der Waals surface area contributed by atoms with E-state index in [1.54, 1.807) is 32.5 Å². The zero-order chi connectivity index (χ0) is 20.8. The van der Waals surface area contributed by atoms with Gasteiger partial charge in [0.1, 0.15) is 0 Å². The molecule has 7 heteroatoms. The molecule has 0 unspecified atom stereocenters. The molecule has 1 heterocycles. The van der Waals surface area contributed by atoms with Crippen molar-refractivity contribution in [3.8, 4) is 22.8 Å². The van der Waals surface area contributed by atoms with Gasteiger partial charge in [0.2, 0.25) is 5.91 Å². The normalized spacial score (nSPS) is 10.7. The fourth-order valence-corrected chi connectivity index (χ4v) is 2.84. The average molecular weight is 392 g/mol. The van der Waals surface area contributed by atoms with Crippen LogP contribution in [0, 0.1) is 0 Å². The summed E-state index contributed by atoms with van der Waals surface area (Å²) >= 11 is 0. The standard InChI is InChI=1S/C22H20N2O5/c1-27-18-12-15-10-11-23-22(17(15)13-19(18)28-2)14-4-6-16(7-5-14)24-20(25)8-9-21(26)29-3/h4-13H,1-3H3,(H,24,25)/b9-8-. The molecule has 0 radical (unpaired) electrons. The first-order chi connectivity index (χ1) is 14.0. The Morgan fingerprint density at radius 3 is 2.28 bits per heavy atom. The summed E-state index contributed by atoms with van der Waals surface area (Å²) in [6, 6.07) is 13.0. The van der Waals surface area contributed by atoms with Crippen molar-refractivity contribution in [1.29, 1.82) is 0 Å². The topological polar surface area (TPSA) is 86.8 Å². The van der Waals surface area contributed by atoms with Crippen LogP contribution in [0.15, 0.2) is 60.8 Å². The monoisotopic (exact) mass is 392 g/mol. The molecule has 0 spiro atoms. The van der Waals surface area contributed by atoms with E-state index in [1.807, 2.05) is 30.3 Å². The molecule has 1 N–H and O–H groups in total. The maximum Gasteiger partial charge on any atom is 0.330 e. The summed E-state index contributed by atoms with van der Waals surface area (Å²) in [5, 5.41) is 4.57. The van der Waals surface area contributed by atoms with Gasteiger partial charge in [0, 0.05) is 35.0 Å². The van der Waals surface area contributed by atoms with Gasteiger partial charge in [-0.1, -0.05) is 12.1 Å². The van der Waals surface area contributed by atoms with Gasteiger partial charge < -0.3 is 19.5 Å². The maximum atomic E-state index is 11.8. The number of fused-ring (bicyclic) bond motifs is 1. The van der Waals surface area contributed by atoms with Crippen molar-refractivity contribution in [3.63, 3.8) is 0 Å². The highest BCUT2D eigenvalue weighted by Gasteiger charge is 2.11. The zero-order valence-corrected chi connectivity index (χ0v) is 16.3. The molecule has 0 atom stereocenters. The molecule has 148 valence electrons. The number of benzene rings is 2. The molecule has 0 bridgehead atoms. The smallest absolute Gasteiger partial charge is 0.330 e. The van der Waals surface area contributed by atoms with Gasteiger partial charge in [0.05, 0.1) is 27.0 Å². The molecule has 0 saturated carbocycles. The number of esters is 1. The number of anilines is 1. The van der Waals surface area contributed by atoms with Gasteiger partial charge in [-0.25, -0.2) is 4.79 Å². The zero-order valence-electron chi connectivity index (χ0n) is 16.3. The Morgan fingerprint density at radius 1 is 0.931 bits per heavy atom. The minimum Gasteiger partial charge on any atom is -0.493 e. The van der Waals surface area contributed by atoms with E-state index in [0.717, 1.165) is 34.2 Å². The van der Waals surface area contributed by atoms with Crippen LogP contribution in [-0.2, 0) is 14.3 Å². The highest BCUT2D eigenvalue weighted by Crippen LogP contribution is 2.36. The van der Waals surface area contributed by atoms with E-state index in [-0.39, 0.29) is 0 Å². The quantitative estimate of drug-likeness (QED) is 0.510. The van der Waals surface area contributed by atoms with Crippen molar-refractivity contribution in [2.75, 3.05) is 26.6 Å². The minimum absolute atomic E-state index is 0.428. The van der Waals surface area contributed by atoms with Crippen LogP contribution >= 0.6 is 0 Å². The van der Waals surface area contributed by atoms with Crippen LogP contribution in [0.5, 0.6) is 11.5 Å². The number of nitrogens with one attached hydrogen (secondary N) is 1. The van der Waals surface area contributed by atoms with Crippen LogP contribution in [0.1, 0.15) is 0 Å². The Kier molecular flexibility index (Phi) is 6.09. The highest BCUT2D eigenvalue weighted by molar-refractivity contribution is 6.03. The average Bonchev–Trinajstić information content (AvgIpc) is 2.76. The second kappa shape index (κ2) is 8.88. The summed E-state index contributed by atoms with van der Waals surface area (Å²) in [6.07, 6.45) is 3.91. The number of hydrogen-bond donors (Lipinski definition) is 1. The largest absolute Gasteiger partial charge is 0.493 e. The summed E-state index contributed by atoms with van der Waals surface area (Å²) in [4.78, 5) is 27.4. The van der Waals surface area contributed by atoms with Gasteiger partial charge in [-0.15, -0.1) is 0 Å². The van der Waals surface area contributed by atoms with E-state index in [0.29, 0.717) is 17.2 Å². The van der Waals surface area contributed by atoms with E-state index in [2.05, 4.69) is 15.0 Å². The molecule has 29 heavy (non-hydrogen) atoms. The molecule has 3 aromatic rings. The Labute approximate surface area is 167 Å². The van der Waals surface area contributed by atoms with Gasteiger partial charge in [-0.2, -0.15) is 0 Å². The van der Waals surface area contributed by atoms with Crippen LogP contribution < -0.4 is 14.8 Å². The van der Waals surface area contributed by atoms with Gasteiger partial charge in [0.15, 0.2) is 11.5 Å². The second-order valence-corrected chi connectivity index (χ2v) is 6.01. The van der Waals surface area contributed by atoms with Crippen LogP contribution in [0.2, 0.25) is 0 Å². The number of methoxy groups -OCH3 is 3. The summed E-state index contributed by atoms with van der Waals surface area (Å²) in [5.41, 5.74) is 2.26. The number of pyridine rings is 1. The molecule has 7 nitrogen and oxygen atoms in total. The number of carbonyl (C=O) groups excluding carboxylic acids is 2. The third kappa shape index (κ3) is 4.52. The number of hydrogen-bond acceptors (Lipinski definition) is 6. The van der Waals surface area contributed by atoms with Crippen molar-refractivity contribution >= 4 is 28.3 Å². The van der Waals surface area contributed by atoms with Gasteiger partial charge >= 0.3 is 5.97 Å². The molecule has 0 saturated heterocycles. The third-order valence-corrected chi connectivity index (χ3v) is 4.27. The first-order valence-electron chi connectivity index (χ1n) is 8.74. The summed E-state index contributed by atoms with van der Waals surface area (Å²) < 4.78 is 15.2. The van der Waals surface area contributed by atoms with Gasteiger partial charge in [-0.05, 0) is 35.7 Å². The number of nitrogens with zero attached hydrogens (tertiary/aromatic N) is 1. The molecule has 1 aromatic heterocycles. The van der Waals surface area contributed by atoms with Crippen molar-refractivity contribution < 1.29 is 23.8 Å². The maximum absolute atomic E-state index is 11.8. The van der Waals surface area contributed by atoms with Crippen molar-refractivity contribution in [1.82, 2.24) is 4.98 Å². The van der Waals surface area contributed by atoms with Crippen molar-refractivity contribution in [2.24, 2.45) is 0 Å². The first-order valence-corrected chi connectivity index (χ1v) is 8.74. The Bertz CT molecular complexity index is 1070. The van der Waals surface area contributed by atoms with E-state index < -0.39 is 11.9 Å². The molecule has 0 aliphatic rings. The van der Waals surface area contributed by atoms with Crippen LogP contribution in [0.3, 0.4) is 0 Å². The SMILES string of the molecule is COC(=O)/C=C\C(=O)Nc1ccc(-c2nccc3cc(OC)c(OC)cc23)cc1. The number of aromatic nitrogens is 1. The molecule has 0 aliphatic carbocycles. The Balaban J connectivity index is 1.88. The van der Waals surface area contributed by atoms with E-state index in [4.69, 9.17) is 9.47 Å². The van der Waals surface area contributed by atoms with Crippen LogP contribution in [-0.4, -0.2) is 38.2 Å². The number of amides is 1. The van der Waals surface area contributed by atoms with E-state index >= 15 is 0 Å². The van der Waals surface area contributed by atoms with E-state index in [1.165, 1.54) is 7.11 Å². The third-order valence-electron chi connectivity index (χ3n) is 4.27. The van der Waals surface area contributed by atoms with Gasteiger partial charge in [-0.3, -0.25) is 9.78 Å².